The summed E-state index contributed by atoms with van der Waals surface area (Å²) in [7, 11) is -1.51. The zero-order valence-electron chi connectivity index (χ0n) is 13.1. The summed E-state index contributed by atoms with van der Waals surface area (Å²) in [5.41, 5.74) is 1.31. The summed E-state index contributed by atoms with van der Waals surface area (Å²) < 4.78 is 28.2. The van der Waals surface area contributed by atoms with E-state index in [-0.39, 0.29) is 23.9 Å². The molecule has 2 fully saturated rings. The van der Waals surface area contributed by atoms with Gasteiger partial charge in [-0.05, 0) is 42.7 Å². The summed E-state index contributed by atoms with van der Waals surface area (Å²) in [5, 5.41) is 0.961. The van der Waals surface area contributed by atoms with Gasteiger partial charge in [0, 0.05) is 25.2 Å². The Morgan fingerprint density at radius 3 is 2.83 bits per heavy atom. The summed E-state index contributed by atoms with van der Waals surface area (Å²) in [4.78, 5) is 12.6. The van der Waals surface area contributed by atoms with E-state index in [1.807, 2.05) is 30.3 Å². The molecule has 5 nitrogen and oxygen atoms in total. The van der Waals surface area contributed by atoms with Crippen LogP contribution in [0.5, 0.6) is 0 Å². The lowest BCUT2D eigenvalue weighted by atomic mass is 10.1. The maximum Gasteiger partial charge on any atom is 0.255 e. The van der Waals surface area contributed by atoms with Crippen molar-refractivity contribution in [3.8, 4) is 0 Å². The van der Waals surface area contributed by atoms with E-state index in [0.717, 1.165) is 30.2 Å². The Labute approximate surface area is 135 Å². The number of para-hydroxylation sites is 1. The molecule has 2 atom stereocenters. The number of nitrogens with zero attached hydrogens (tertiary/aromatic N) is 2. The minimum atomic E-state index is -3.26. The van der Waals surface area contributed by atoms with Crippen molar-refractivity contribution >= 4 is 20.9 Å². The molecule has 122 valence electrons. The lowest BCUT2D eigenvalue weighted by molar-refractivity contribution is 0.292. The van der Waals surface area contributed by atoms with Gasteiger partial charge in [0.25, 0.3) is 5.56 Å². The molecular weight excluding hydrogens is 312 g/mol. The summed E-state index contributed by atoms with van der Waals surface area (Å²) in [5.74, 6) is 0.540. The van der Waals surface area contributed by atoms with Crippen LogP contribution in [-0.2, 0) is 23.6 Å². The normalized spacial score (nSPS) is 26.7. The second-order valence-corrected chi connectivity index (χ2v) is 8.72. The molecule has 1 aromatic carbocycles. The minimum Gasteiger partial charge on any atom is -0.311 e. The molecule has 4 rings (SSSR count). The summed E-state index contributed by atoms with van der Waals surface area (Å²) >= 11 is 0. The summed E-state index contributed by atoms with van der Waals surface area (Å²) in [6.07, 6.45) is 2.83. The largest absolute Gasteiger partial charge is 0.311 e. The Balaban J connectivity index is 1.78. The van der Waals surface area contributed by atoms with Gasteiger partial charge in [-0.2, -0.15) is 4.31 Å². The molecule has 0 radical (unpaired) electrons. The van der Waals surface area contributed by atoms with E-state index in [9.17, 15) is 13.2 Å². The molecule has 2 aromatic rings. The van der Waals surface area contributed by atoms with Crippen LogP contribution in [0.4, 0.5) is 0 Å². The number of aromatic nitrogens is 1. The van der Waals surface area contributed by atoms with Gasteiger partial charge >= 0.3 is 0 Å². The lowest BCUT2D eigenvalue weighted by Gasteiger charge is -2.32. The third-order valence-corrected chi connectivity index (χ3v) is 7.29. The van der Waals surface area contributed by atoms with Crippen molar-refractivity contribution in [2.24, 2.45) is 13.0 Å². The van der Waals surface area contributed by atoms with Crippen molar-refractivity contribution in [2.45, 2.75) is 31.8 Å². The molecule has 1 aromatic heterocycles. The molecule has 2 aliphatic rings. The maximum absolute atomic E-state index is 12.6. The number of aryl methyl sites for hydroxylation is 1. The molecule has 23 heavy (non-hydrogen) atoms. The topological polar surface area (TPSA) is 59.4 Å². The molecule has 1 aliphatic carbocycles. The first-order valence-corrected chi connectivity index (χ1v) is 9.64. The second-order valence-electron chi connectivity index (χ2n) is 6.75. The fourth-order valence-corrected chi connectivity index (χ4v) is 6.15. The lowest BCUT2D eigenvalue weighted by Crippen LogP contribution is -2.45. The van der Waals surface area contributed by atoms with Crippen molar-refractivity contribution in [1.82, 2.24) is 8.87 Å². The number of hydrogen-bond acceptors (Lipinski definition) is 3. The Kier molecular flexibility index (Phi) is 3.35. The number of fused-ring (bicyclic) bond motifs is 3. The highest BCUT2D eigenvalue weighted by molar-refractivity contribution is 7.89. The van der Waals surface area contributed by atoms with Crippen LogP contribution in [0.2, 0.25) is 0 Å². The third-order valence-electron chi connectivity index (χ3n) is 5.26. The number of pyridine rings is 1. The summed E-state index contributed by atoms with van der Waals surface area (Å²) in [6.45, 7) is 0.192. The van der Waals surface area contributed by atoms with Gasteiger partial charge in [0.15, 0.2) is 0 Å². The highest BCUT2D eigenvalue weighted by Gasteiger charge is 2.43. The fourth-order valence-electron chi connectivity index (χ4n) is 4.08. The highest BCUT2D eigenvalue weighted by Crippen LogP contribution is 2.38. The van der Waals surface area contributed by atoms with E-state index in [2.05, 4.69) is 0 Å². The monoisotopic (exact) mass is 332 g/mol. The van der Waals surface area contributed by atoms with Crippen molar-refractivity contribution in [1.29, 1.82) is 0 Å². The smallest absolute Gasteiger partial charge is 0.255 e. The molecule has 0 amide bonds. The van der Waals surface area contributed by atoms with Gasteiger partial charge < -0.3 is 4.57 Å². The molecule has 0 unspecified atom stereocenters. The molecular formula is C17H20N2O3S. The Bertz CT molecular complexity index is 932. The van der Waals surface area contributed by atoms with Gasteiger partial charge in [0.2, 0.25) is 10.0 Å². The van der Waals surface area contributed by atoms with Crippen LogP contribution in [0, 0.1) is 5.92 Å². The zero-order chi connectivity index (χ0) is 16.2. The Hall–Kier alpha value is -1.66. The molecule has 2 heterocycles. The first kappa shape index (κ1) is 14.9. The van der Waals surface area contributed by atoms with E-state index >= 15 is 0 Å². The number of hydrogen-bond donors (Lipinski definition) is 0. The van der Waals surface area contributed by atoms with Gasteiger partial charge in [0.05, 0.1) is 11.3 Å². The van der Waals surface area contributed by atoms with Crippen LogP contribution in [0.3, 0.4) is 0 Å². The third kappa shape index (κ3) is 2.40. The summed E-state index contributed by atoms with van der Waals surface area (Å²) in [6, 6.07) is 9.59. The molecule has 2 bridgehead atoms. The number of sulfonamides is 1. The van der Waals surface area contributed by atoms with Crippen molar-refractivity contribution in [2.75, 3.05) is 5.75 Å². The standard InChI is InChI=1S/C17H20N2O3S/c1-18-16-5-3-2-4-13(16)9-14(17(18)20)10-19-15-7-6-12(8-15)11-23(19,21)22/h2-5,9,12,15H,6-8,10-11H2,1H3/t12-,15+/m0/s1. The van der Waals surface area contributed by atoms with E-state index in [0.29, 0.717) is 11.5 Å². The predicted octanol–water partition coefficient (Wildman–Crippen LogP) is 1.85. The van der Waals surface area contributed by atoms with Gasteiger partial charge in [0.1, 0.15) is 0 Å². The fraction of sp³-hybridized carbons (Fsp3) is 0.471. The van der Waals surface area contributed by atoms with Gasteiger partial charge in [-0.1, -0.05) is 18.2 Å². The van der Waals surface area contributed by atoms with Crippen LogP contribution in [0.1, 0.15) is 24.8 Å². The zero-order valence-corrected chi connectivity index (χ0v) is 13.9. The maximum atomic E-state index is 12.6. The predicted molar refractivity (Wildman–Crippen MR) is 89.6 cm³/mol. The van der Waals surface area contributed by atoms with Crippen LogP contribution in [0.25, 0.3) is 10.9 Å². The first-order chi connectivity index (χ1) is 11.0. The van der Waals surface area contributed by atoms with E-state index in [1.165, 1.54) is 0 Å². The Morgan fingerprint density at radius 2 is 2.00 bits per heavy atom. The van der Waals surface area contributed by atoms with Crippen molar-refractivity contribution in [3.05, 3.63) is 46.2 Å². The minimum absolute atomic E-state index is 0.0647. The van der Waals surface area contributed by atoms with Gasteiger partial charge in [-0.3, -0.25) is 4.79 Å². The van der Waals surface area contributed by atoms with Crippen LogP contribution >= 0.6 is 0 Å². The highest BCUT2D eigenvalue weighted by atomic mass is 32.2. The van der Waals surface area contributed by atoms with E-state index < -0.39 is 10.0 Å². The first-order valence-electron chi connectivity index (χ1n) is 8.03. The quantitative estimate of drug-likeness (QED) is 0.843. The van der Waals surface area contributed by atoms with Crippen LogP contribution < -0.4 is 5.56 Å². The molecule has 0 spiro atoms. The molecule has 1 aliphatic heterocycles. The number of rotatable bonds is 2. The second kappa shape index (κ2) is 5.18. The SMILES string of the molecule is Cn1c(=O)c(CN2[C@@H]3CC[C@@H](C3)CS2(=O)=O)cc2ccccc21. The van der Waals surface area contributed by atoms with Crippen LogP contribution in [0.15, 0.2) is 35.1 Å². The molecule has 1 saturated carbocycles. The molecule has 0 N–H and O–H groups in total. The van der Waals surface area contributed by atoms with Crippen LogP contribution in [-0.4, -0.2) is 29.1 Å². The average Bonchev–Trinajstić information content (AvgIpc) is 2.91. The molecule has 6 heteroatoms. The van der Waals surface area contributed by atoms with Gasteiger partial charge in [-0.25, -0.2) is 8.42 Å². The van der Waals surface area contributed by atoms with E-state index in [1.54, 1.807) is 15.9 Å². The van der Waals surface area contributed by atoms with Crippen molar-refractivity contribution < 1.29 is 8.42 Å². The average molecular weight is 332 g/mol. The van der Waals surface area contributed by atoms with Crippen molar-refractivity contribution in [3.63, 3.8) is 0 Å². The Morgan fingerprint density at radius 1 is 1.22 bits per heavy atom. The molecule has 1 saturated heterocycles. The number of benzene rings is 1. The van der Waals surface area contributed by atoms with E-state index in [4.69, 9.17) is 0 Å². The van der Waals surface area contributed by atoms with Gasteiger partial charge in [-0.15, -0.1) is 0 Å².